The lowest BCUT2D eigenvalue weighted by atomic mass is 10.2. The third kappa shape index (κ3) is 6.21. The normalized spacial score (nSPS) is 12.1. The van der Waals surface area contributed by atoms with Gasteiger partial charge < -0.3 is 4.74 Å². The predicted octanol–water partition coefficient (Wildman–Crippen LogP) is 1.47. The molecule has 0 saturated heterocycles. The molecule has 23 heavy (non-hydrogen) atoms. The average Bonchev–Trinajstić information content (AvgIpc) is 2.45. The highest BCUT2D eigenvalue weighted by molar-refractivity contribution is 9.10. The smallest absolute Gasteiger partial charge is 0.305 e. The Balaban J connectivity index is 2.79. The summed E-state index contributed by atoms with van der Waals surface area (Å²) in [5, 5.41) is 0. The summed E-state index contributed by atoms with van der Waals surface area (Å²) in [5.41, 5.74) is 0. The van der Waals surface area contributed by atoms with E-state index in [2.05, 4.69) is 25.4 Å². The monoisotopic (exact) mass is 427 g/mol. The van der Waals surface area contributed by atoms with Crippen molar-refractivity contribution in [2.24, 2.45) is 0 Å². The number of methoxy groups -OCH3 is 1. The quantitative estimate of drug-likeness (QED) is 0.497. The number of carbonyl (C=O) groups excluding carboxylic acids is 1. The van der Waals surface area contributed by atoms with Crippen molar-refractivity contribution in [3.8, 4) is 0 Å². The van der Waals surface area contributed by atoms with Crippen LogP contribution in [0.2, 0.25) is 0 Å². The number of unbranched alkanes of at least 4 members (excludes halogenated alkanes) is 1. The van der Waals surface area contributed by atoms with Gasteiger partial charge in [0.2, 0.25) is 10.0 Å². The van der Waals surface area contributed by atoms with Gasteiger partial charge in [-0.1, -0.05) is 0 Å². The van der Waals surface area contributed by atoms with Crippen LogP contribution in [0, 0.1) is 0 Å². The van der Waals surface area contributed by atoms with Gasteiger partial charge in [0.1, 0.15) is 0 Å². The molecule has 0 fully saturated rings. The molecule has 0 amide bonds. The number of ether oxygens (including phenoxy) is 1. The number of rotatable bonds is 8. The molecule has 0 aliphatic heterocycles. The molecule has 0 aliphatic carbocycles. The Hall–Kier alpha value is -0.970. The van der Waals surface area contributed by atoms with Gasteiger partial charge in [0.05, 0.1) is 16.9 Å². The molecule has 0 radical (unpaired) electrons. The maximum Gasteiger partial charge on any atom is 0.305 e. The molecule has 0 aliphatic rings. The molecule has 1 aromatic carbocycles. The number of carbonyl (C=O) groups is 1. The van der Waals surface area contributed by atoms with Crippen LogP contribution in [0.15, 0.2) is 32.5 Å². The summed E-state index contributed by atoms with van der Waals surface area (Å²) < 4.78 is 54.7. The molecular weight excluding hydrogens is 410 g/mol. The topological polar surface area (TPSA) is 107 Å². The molecule has 0 bridgehead atoms. The van der Waals surface area contributed by atoms with Crippen molar-refractivity contribution in [2.45, 2.75) is 29.1 Å². The predicted molar refractivity (Wildman–Crippen MR) is 88.3 cm³/mol. The summed E-state index contributed by atoms with van der Waals surface area (Å²) in [7, 11) is -6.08. The van der Waals surface area contributed by atoms with Crippen LogP contribution in [0.1, 0.15) is 19.3 Å². The van der Waals surface area contributed by atoms with Gasteiger partial charge >= 0.3 is 5.97 Å². The second kappa shape index (κ2) is 8.22. The van der Waals surface area contributed by atoms with Crippen LogP contribution in [0.5, 0.6) is 0 Å². The summed E-state index contributed by atoms with van der Waals surface area (Å²) in [6.07, 6.45) is 2.16. The van der Waals surface area contributed by atoms with Crippen molar-refractivity contribution in [1.82, 2.24) is 4.72 Å². The van der Waals surface area contributed by atoms with Crippen LogP contribution in [0.3, 0.4) is 0 Å². The maximum atomic E-state index is 12.3. The molecule has 1 N–H and O–H groups in total. The largest absolute Gasteiger partial charge is 0.469 e. The first-order valence-electron chi connectivity index (χ1n) is 6.64. The molecule has 0 spiro atoms. The molecule has 0 heterocycles. The number of sulfonamides is 1. The van der Waals surface area contributed by atoms with E-state index in [1.165, 1.54) is 19.2 Å². The first kappa shape index (κ1) is 20.1. The van der Waals surface area contributed by atoms with E-state index in [0.29, 0.717) is 12.8 Å². The molecule has 0 unspecified atom stereocenters. The average molecular weight is 428 g/mol. The van der Waals surface area contributed by atoms with Gasteiger partial charge in [0.15, 0.2) is 9.84 Å². The van der Waals surface area contributed by atoms with Crippen LogP contribution in [-0.2, 0) is 29.4 Å². The van der Waals surface area contributed by atoms with Crippen molar-refractivity contribution in [3.05, 3.63) is 22.7 Å². The van der Waals surface area contributed by atoms with Gasteiger partial charge in [-0.2, -0.15) is 0 Å². The summed E-state index contributed by atoms with van der Waals surface area (Å²) in [5.74, 6) is -0.351. The number of halogens is 1. The molecule has 1 rings (SSSR count). The van der Waals surface area contributed by atoms with Crippen LogP contribution in [0.4, 0.5) is 0 Å². The minimum absolute atomic E-state index is 0.0771. The van der Waals surface area contributed by atoms with E-state index in [9.17, 15) is 21.6 Å². The van der Waals surface area contributed by atoms with E-state index in [1.54, 1.807) is 0 Å². The minimum atomic E-state index is -3.86. The van der Waals surface area contributed by atoms with E-state index in [0.717, 1.165) is 12.3 Å². The third-order valence-corrected chi connectivity index (χ3v) is 6.51. The summed E-state index contributed by atoms with van der Waals surface area (Å²) >= 11 is 3.11. The Morgan fingerprint density at radius 2 is 1.87 bits per heavy atom. The molecule has 10 heteroatoms. The van der Waals surface area contributed by atoms with Crippen LogP contribution in [0.25, 0.3) is 0 Å². The van der Waals surface area contributed by atoms with Crippen molar-refractivity contribution >= 4 is 41.8 Å². The van der Waals surface area contributed by atoms with E-state index < -0.39 is 19.9 Å². The van der Waals surface area contributed by atoms with Gasteiger partial charge in [-0.25, -0.2) is 21.6 Å². The standard InChI is InChI=1S/C13H18BrNO6S2/c1-21-13(16)5-3-4-8-15-23(19,20)12-9-10(22(2,17)18)6-7-11(12)14/h6-7,9,15H,3-5,8H2,1-2H3. The SMILES string of the molecule is COC(=O)CCCCNS(=O)(=O)c1cc(S(C)(=O)=O)ccc1Br. The fourth-order valence-electron chi connectivity index (χ4n) is 1.70. The van der Waals surface area contributed by atoms with Crippen molar-refractivity contribution in [1.29, 1.82) is 0 Å². The molecule has 7 nitrogen and oxygen atoms in total. The number of nitrogens with one attached hydrogen (secondary N) is 1. The van der Waals surface area contributed by atoms with Crippen molar-refractivity contribution in [2.75, 3.05) is 19.9 Å². The van der Waals surface area contributed by atoms with Crippen molar-refractivity contribution < 1.29 is 26.4 Å². The molecule has 1 aromatic rings. The van der Waals surface area contributed by atoms with Crippen LogP contribution < -0.4 is 4.72 Å². The lowest BCUT2D eigenvalue weighted by Crippen LogP contribution is -2.25. The van der Waals surface area contributed by atoms with E-state index in [1.807, 2.05) is 0 Å². The lowest BCUT2D eigenvalue weighted by Gasteiger charge is -2.10. The van der Waals surface area contributed by atoms with E-state index in [4.69, 9.17) is 0 Å². The molecule has 0 atom stereocenters. The number of hydrogen-bond acceptors (Lipinski definition) is 6. The highest BCUT2D eigenvalue weighted by atomic mass is 79.9. The Labute approximate surface area is 144 Å². The van der Waals surface area contributed by atoms with Gasteiger partial charge in [0, 0.05) is 23.7 Å². The van der Waals surface area contributed by atoms with Crippen LogP contribution in [-0.4, -0.2) is 42.7 Å². The summed E-state index contributed by atoms with van der Waals surface area (Å²) in [6.45, 7) is 0.134. The highest BCUT2D eigenvalue weighted by Crippen LogP contribution is 2.25. The summed E-state index contributed by atoms with van der Waals surface area (Å²) in [4.78, 5) is 10.7. The first-order chi connectivity index (χ1) is 10.6. The van der Waals surface area contributed by atoms with Crippen LogP contribution >= 0.6 is 15.9 Å². The van der Waals surface area contributed by atoms with E-state index in [-0.39, 0.29) is 33.2 Å². The number of hydrogen-bond donors (Lipinski definition) is 1. The maximum absolute atomic E-state index is 12.3. The highest BCUT2D eigenvalue weighted by Gasteiger charge is 2.20. The number of benzene rings is 1. The zero-order valence-corrected chi connectivity index (χ0v) is 15.9. The second-order valence-corrected chi connectivity index (χ2v) is 9.40. The minimum Gasteiger partial charge on any atom is -0.469 e. The fraction of sp³-hybridized carbons (Fsp3) is 0.462. The zero-order chi connectivity index (χ0) is 17.7. The Morgan fingerprint density at radius 3 is 2.43 bits per heavy atom. The van der Waals surface area contributed by atoms with Crippen molar-refractivity contribution in [3.63, 3.8) is 0 Å². The third-order valence-electron chi connectivity index (χ3n) is 2.95. The Morgan fingerprint density at radius 1 is 1.22 bits per heavy atom. The molecule has 0 aromatic heterocycles. The van der Waals surface area contributed by atoms with Gasteiger partial charge in [0.25, 0.3) is 0 Å². The first-order valence-corrected chi connectivity index (χ1v) is 10.8. The molecule has 0 saturated carbocycles. The Kier molecular flexibility index (Phi) is 7.18. The van der Waals surface area contributed by atoms with Gasteiger partial charge in [-0.15, -0.1) is 0 Å². The van der Waals surface area contributed by atoms with Gasteiger partial charge in [-0.3, -0.25) is 4.79 Å². The summed E-state index contributed by atoms with van der Waals surface area (Å²) in [6, 6.07) is 3.81. The molecular formula is C13H18BrNO6S2. The van der Waals surface area contributed by atoms with E-state index >= 15 is 0 Å². The fourth-order valence-corrected chi connectivity index (χ4v) is 4.48. The zero-order valence-electron chi connectivity index (χ0n) is 12.7. The van der Waals surface area contributed by atoms with Gasteiger partial charge in [-0.05, 0) is 47.0 Å². The lowest BCUT2D eigenvalue weighted by molar-refractivity contribution is -0.140. The second-order valence-electron chi connectivity index (χ2n) is 4.80. The molecule has 130 valence electrons. The Bertz CT molecular complexity index is 774. The number of sulfone groups is 1. The number of esters is 1.